The average Bonchev–Trinajstić information content (AvgIpc) is 3.37. The van der Waals surface area contributed by atoms with Gasteiger partial charge in [-0.2, -0.15) is 21.6 Å². The van der Waals surface area contributed by atoms with Crippen LogP contribution < -0.4 is 9.08 Å². The number of carbonyl (C=O) groups excluding carboxylic acids is 1. The maximum atomic E-state index is 13.4. The van der Waals surface area contributed by atoms with Crippen LogP contribution in [0.25, 0.3) is 0 Å². The van der Waals surface area contributed by atoms with Gasteiger partial charge >= 0.3 is 16.3 Å². The Kier molecular flexibility index (Phi) is 10.2. The quantitative estimate of drug-likeness (QED) is 0.290. The molecule has 1 saturated heterocycles. The molecule has 11 heteroatoms. The SMILES string of the molecule is CCN(CC)c1ccc(CN(C[C@@H]2CCCO2)C(=O)CC(C)(C)C)c(OS(=O)(=O)c2cccc(C(F)(F)F)c2)c1. The zero-order valence-electron chi connectivity index (χ0n) is 23.8. The van der Waals surface area contributed by atoms with Crippen molar-refractivity contribution in [2.45, 2.75) is 77.6 Å². The first-order chi connectivity index (χ1) is 18.6. The summed E-state index contributed by atoms with van der Waals surface area (Å²) in [7, 11) is -4.63. The average molecular weight is 585 g/mol. The van der Waals surface area contributed by atoms with E-state index in [1.807, 2.05) is 45.6 Å². The molecule has 222 valence electrons. The van der Waals surface area contributed by atoms with Gasteiger partial charge in [-0.1, -0.05) is 32.9 Å². The second-order valence-corrected chi connectivity index (χ2v) is 12.7. The molecular weight excluding hydrogens is 545 g/mol. The van der Waals surface area contributed by atoms with Crippen molar-refractivity contribution in [2.75, 3.05) is 31.1 Å². The second kappa shape index (κ2) is 12.8. The van der Waals surface area contributed by atoms with Gasteiger partial charge in [0.2, 0.25) is 5.91 Å². The summed E-state index contributed by atoms with van der Waals surface area (Å²) in [5, 5.41) is 0. The Bertz CT molecular complexity index is 1270. The van der Waals surface area contributed by atoms with E-state index in [4.69, 9.17) is 8.92 Å². The number of rotatable bonds is 11. The number of alkyl halides is 3. The summed E-state index contributed by atoms with van der Waals surface area (Å²) in [4.78, 5) is 16.4. The van der Waals surface area contributed by atoms with Gasteiger partial charge in [0.05, 0.1) is 11.7 Å². The monoisotopic (exact) mass is 584 g/mol. The van der Waals surface area contributed by atoms with E-state index in [-0.39, 0.29) is 36.1 Å². The molecule has 1 aliphatic rings. The molecular formula is C29H39F3N2O5S. The van der Waals surface area contributed by atoms with Crippen LogP contribution in [-0.2, 0) is 32.4 Å². The van der Waals surface area contributed by atoms with Gasteiger partial charge in [-0.25, -0.2) is 0 Å². The minimum Gasteiger partial charge on any atom is -0.379 e. The van der Waals surface area contributed by atoms with Crippen LogP contribution in [-0.4, -0.2) is 51.6 Å². The van der Waals surface area contributed by atoms with Crippen molar-refractivity contribution in [3.05, 3.63) is 53.6 Å². The number of carbonyl (C=O) groups is 1. The number of hydrogen-bond donors (Lipinski definition) is 0. The summed E-state index contributed by atoms with van der Waals surface area (Å²) in [6.45, 7) is 12.1. The molecule has 0 bridgehead atoms. The third-order valence-electron chi connectivity index (χ3n) is 6.67. The number of anilines is 1. The molecule has 40 heavy (non-hydrogen) atoms. The van der Waals surface area contributed by atoms with Crippen molar-refractivity contribution in [2.24, 2.45) is 5.41 Å². The summed E-state index contributed by atoms with van der Waals surface area (Å²) in [5.74, 6) is -0.148. The molecule has 3 rings (SSSR count). The second-order valence-electron chi connectivity index (χ2n) is 11.2. The summed E-state index contributed by atoms with van der Waals surface area (Å²) in [6, 6.07) is 8.54. The Morgan fingerprint density at radius 3 is 2.35 bits per heavy atom. The van der Waals surface area contributed by atoms with Crippen LogP contribution in [0.4, 0.5) is 18.9 Å². The van der Waals surface area contributed by atoms with E-state index in [9.17, 15) is 26.4 Å². The van der Waals surface area contributed by atoms with Crippen molar-refractivity contribution in [3.8, 4) is 5.75 Å². The van der Waals surface area contributed by atoms with E-state index >= 15 is 0 Å². The highest BCUT2D eigenvalue weighted by Gasteiger charge is 2.33. The lowest BCUT2D eigenvalue weighted by Crippen LogP contribution is -2.38. The molecule has 0 saturated carbocycles. The zero-order valence-corrected chi connectivity index (χ0v) is 24.6. The van der Waals surface area contributed by atoms with Crippen LogP contribution in [0.15, 0.2) is 47.4 Å². The number of nitrogens with zero attached hydrogens (tertiary/aromatic N) is 2. The fraction of sp³-hybridized carbons (Fsp3) is 0.552. The summed E-state index contributed by atoms with van der Waals surface area (Å²) in [6.07, 6.45) is -2.86. The molecule has 2 aromatic carbocycles. The van der Waals surface area contributed by atoms with E-state index in [0.29, 0.717) is 43.6 Å². The third kappa shape index (κ3) is 8.60. The number of hydrogen-bond acceptors (Lipinski definition) is 6. The smallest absolute Gasteiger partial charge is 0.379 e. The first kappa shape index (κ1) is 31.7. The van der Waals surface area contributed by atoms with E-state index in [1.165, 1.54) is 0 Å². The predicted octanol–water partition coefficient (Wildman–Crippen LogP) is 6.26. The van der Waals surface area contributed by atoms with Crippen LogP contribution in [0.2, 0.25) is 0 Å². The normalized spacial score (nSPS) is 16.1. The number of ether oxygens (including phenoxy) is 1. The van der Waals surface area contributed by atoms with Crippen molar-refractivity contribution in [1.82, 2.24) is 4.90 Å². The van der Waals surface area contributed by atoms with Gasteiger partial charge in [-0.05, 0) is 56.4 Å². The highest BCUT2D eigenvalue weighted by molar-refractivity contribution is 7.87. The minimum absolute atomic E-state index is 0.0392. The van der Waals surface area contributed by atoms with Crippen LogP contribution in [0.3, 0.4) is 0 Å². The zero-order chi connectivity index (χ0) is 29.7. The first-order valence-electron chi connectivity index (χ1n) is 13.5. The Morgan fingerprint density at radius 2 is 1.77 bits per heavy atom. The fourth-order valence-corrected chi connectivity index (χ4v) is 5.60. The van der Waals surface area contributed by atoms with Gasteiger partial charge in [0.15, 0.2) is 0 Å². The minimum atomic E-state index is -4.71. The van der Waals surface area contributed by atoms with Gasteiger partial charge < -0.3 is 18.7 Å². The predicted molar refractivity (Wildman–Crippen MR) is 148 cm³/mol. The van der Waals surface area contributed by atoms with E-state index in [0.717, 1.165) is 31.0 Å². The van der Waals surface area contributed by atoms with Crippen molar-refractivity contribution in [3.63, 3.8) is 0 Å². The molecule has 0 aliphatic carbocycles. The van der Waals surface area contributed by atoms with E-state index in [2.05, 4.69) is 0 Å². The molecule has 0 radical (unpaired) electrons. The lowest BCUT2D eigenvalue weighted by Gasteiger charge is -2.30. The van der Waals surface area contributed by atoms with Gasteiger partial charge in [-0.15, -0.1) is 0 Å². The van der Waals surface area contributed by atoms with Gasteiger partial charge in [0.1, 0.15) is 10.6 Å². The molecule has 1 amide bonds. The highest BCUT2D eigenvalue weighted by atomic mass is 32.2. The van der Waals surface area contributed by atoms with Crippen LogP contribution in [0.5, 0.6) is 5.75 Å². The number of halogens is 3. The lowest BCUT2D eigenvalue weighted by molar-refractivity contribution is -0.138. The molecule has 1 aliphatic heterocycles. The molecule has 1 atom stereocenters. The summed E-state index contributed by atoms with van der Waals surface area (Å²) >= 11 is 0. The van der Waals surface area contributed by atoms with Crippen LogP contribution in [0, 0.1) is 5.41 Å². The van der Waals surface area contributed by atoms with Gasteiger partial charge in [0.25, 0.3) is 0 Å². The molecule has 0 aromatic heterocycles. The molecule has 1 heterocycles. The third-order valence-corrected chi connectivity index (χ3v) is 7.90. The van der Waals surface area contributed by atoms with Crippen molar-refractivity contribution in [1.29, 1.82) is 0 Å². The topological polar surface area (TPSA) is 76.2 Å². The Morgan fingerprint density at radius 1 is 1.07 bits per heavy atom. The summed E-state index contributed by atoms with van der Waals surface area (Å²) in [5.41, 5.74) is -0.254. The standard InChI is InChI=1S/C29H39F3N2O5S/c1-6-33(7-2)23-14-13-21(19-34(20-24-11-9-15-38-24)27(35)18-28(3,4)5)26(17-23)39-40(36,37)25-12-8-10-22(16-25)29(30,31)32/h8,10,12-14,16-17,24H,6-7,9,11,15,18-20H2,1-5H3/t24-/m0/s1. The van der Waals surface area contributed by atoms with E-state index < -0.39 is 26.8 Å². The summed E-state index contributed by atoms with van der Waals surface area (Å²) < 4.78 is 77.6. The Balaban J connectivity index is 2.02. The molecule has 0 unspecified atom stereocenters. The number of amides is 1. The molecule has 2 aromatic rings. The van der Waals surface area contributed by atoms with Crippen molar-refractivity contribution >= 4 is 21.7 Å². The Hall–Kier alpha value is -2.79. The first-order valence-corrected chi connectivity index (χ1v) is 14.9. The highest BCUT2D eigenvalue weighted by Crippen LogP contribution is 2.34. The number of benzene rings is 2. The Labute approximate surface area is 235 Å². The molecule has 1 fully saturated rings. The lowest BCUT2D eigenvalue weighted by atomic mass is 9.91. The van der Waals surface area contributed by atoms with Gasteiger partial charge in [-0.3, -0.25) is 4.79 Å². The fourth-order valence-electron chi connectivity index (χ4n) is 4.59. The maximum absolute atomic E-state index is 13.4. The van der Waals surface area contributed by atoms with Gasteiger partial charge in [0, 0.05) is 56.5 Å². The van der Waals surface area contributed by atoms with Crippen LogP contribution >= 0.6 is 0 Å². The van der Waals surface area contributed by atoms with E-state index in [1.54, 1.807) is 17.0 Å². The largest absolute Gasteiger partial charge is 0.416 e. The maximum Gasteiger partial charge on any atom is 0.416 e. The van der Waals surface area contributed by atoms with Crippen molar-refractivity contribution < 1.29 is 35.3 Å². The molecule has 0 spiro atoms. The van der Waals surface area contributed by atoms with Crippen LogP contribution in [0.1, 0.15) is 65.0 Å². The molecule has 0 N–H and O–H groups in total. The molecule has 7 nitrogen and oxygen atoms in total.